The SMILES string of the molecule is Cc1cccc(CNCc2cccc(C)c2C)c1. The minimum atomic E-state index is 0.926. The molecular weight excluding hydrogens is 218 g/mol. The summed E-state index contributed by atoms with van der Waals surface area (Å²) in [6.07, 6.45) is 0. The van der Waals surface area contributed by atoms with Crippen molar-refractivity contribution >= 4 is 0 Å². The zero-order valence-corrected chi connectivity index (χ0v) is 11.5. The molecule has 0 aliphatic carbocycles. The topological polar surface area (TPSA) is 12.0 Å². The lowest BCUT2D eigenvalue weighted by Crippen LogP contribution is -2.13. The Hall–Kier alpha value is -1.60. The second-order valence-electron chi connectivity index (χ2n) is 4.95. The second kappa shape index (κ2) is 5.83. The van der Waals surface area contributed by atoms with Gasteiger partial charge in [0.15, 0.2) is 0 Å². The van der Waals surface area contributed by atoms with Crippen molar-refractivity contribution in [3.63, 3.8) is 0 Å². The quantitative estimate of drug-likeness (QED) is 0.853. The maximum atomic E-state index is 3.51. The molecule has 0 aliphatic heterocycles. The average Bonchev–Trinajstić information content (AvgIpc) is 2.35. The molecule has 0 spiro atoms. The molecule has 0 amide bonds. The number of nitrogens with one attached hydrogen (secondary N) is 1. The van der Waals surface area contributed by atoms with Gasteiger partial charge in [-0.15, -0.1) is 0 Å². The Balaban J connectivity index is 1.94. The van der Waals surface area contributed by atoms with E-state index in [-0.39, 0.29) is 0 Å². The summed E-state index contributed by atoms with van der Waals surface area (Å²) < 4.78 is 0. The fourth-order valence-electron chi connectivity index (χ4n) is 2.17. The van der Waals surface area contributed by atoms with Gasteiger partial charge in [-0.1, -0.05) is 48.0 Å². The van der Waals surface area contributed by atoms with Gasteiger partial charge in [0.2, 0.25) is 0 Å². The van der Waals surface area contributed by atoms with E-state index < -0.39 is 0 Å². The van der Waals surface area contributed by atoms with Gasteiger partial charge in [0.1, 0.15) is 0 Å². The first kappa shape index (κ1) is 12.8. The van der Waals surface area contributed by atoms with Crippen LogP contribution < -0.4 is 5.32 Å². The van der Waals surface area contributed by atoms with E-state index in [2.05, 4.69) is 68.6 Å². The number of aryl methyl sites for hydroxylation is 2. The molecule has 1 heteroatoms. The Morgan fingerprint density at radius 2 is 1.67 bits per heavy atom. The van der Waals surface area contributed by atoms with Crippen LogP contribution in [-0.2, 0) is 13.1 Å². The summed E-state index contributed by atoms with van der Waals surface area (Å²) in [5.74, 6) is 0. The number of hydrogen-bond acceptors (Lipinski definition) is 1. The molecule has 0 bridgehead atoms. The Morgan fingerprint density at radius 3 is 2.44 bits per heavy atom. The first-order valence-corrected chi connectivity index (χ1v) is 6.48. The Labute approximate surface area is 110 Å². The summed E-state index contributed by atoms with van der Waals surface area (Å²) in [5, 5.41) is 3.51. The minimum Gasteiger partial charge on any atom is -0.309 e. The Morgan fingerprint density at radius 1 is 0.889 bits per heavy atom. The van der Waals surface area contributed by atoms with Crippen LogP contribution in [0.1, 0.15) is 27.8 Å². The predicted molar refractivity (Wildman–Crippen MR) is 77.6 cm³/mol. The molecule has 0 aliphatic rings. The van der Waals surface area contributed by atoms with Gasteiger partial charge in [-0.25, -0.2) is 0 Å². The minimum absolute atomic E-state index is 0.926. The van der Waals surface area contributed by atoms with E-state index in [9.17, 15) is 0 Å². The monoisotopic (exact) mass is 239 g/mol. The summed E-state index contributed by atoms with van der Waals surface area (Å²) in [5.41, 5.74) is 6.82. The van der Waals surface area contributed by atoms with Gasteiger partial charge in [-0.3, -0.25) is 0 Å². The van der Waals surface area contributed by atoms with Crippen molar-refractivity contribution in [3.05, 3.63) is 70.3 Å². The summed E-state index contributed by atoms with van der Waals surface area (Å²) in [6, 6.07) is 15.1. The predicted octanol–water partition coefficient (Wildman–Crippen LogP) is 3.90. The first-order valence-electron chi connectivity index (χ1n) is 6.48. The van der Waals surface area contributed by atoms with E-state index in [1.807, 2.05) is 0 Å². The number of benzene rings is 2. The molecule has 1 N–H and O–H groups in total. The maximum Gasteiger partial charge on any atom is 0.0211 e. The molecule has 0 fully saturated rings. The van der Waals surface area contributed by atoms with Gasteiger partial charge in [0.05, 0.1) is 0 Å². The highest BCUT2D eigenvalue weighted by Gasteiger charge is 2.00. The van der Waals surface area contributed by atoms with Crippen LogP contribution >= 0.6 is 0 Å². The van der Waals surface area contributed by atoms with Crippen molar-refractivity contribution in [2.45, 2.75) is 33.9 Å². The molecule has 0 aromatic heterocycles. The number of rotatable bonds is 4. The summed E-state index contributed by atoms with van der Waals surface area (Å²) in [4.78, 5) is 0. The van der Waals surface area contributed by atoms with Gasteiger partial charge in [0, 0.05) is 13.1 Å². The van der Waals surface area contributed by atoms with Crippen molar-refractivity contribution < 1.29 is 0 Å². The van der Waals surface area contributed by atoms with Gasteiger partial charge in [-0.05, 0) is 43.0 Å². The van der Waals surface area contributed by atoms with E-state index in [0.717, 1.165) is 13.1 Å². The van der Waals surface area contributed by atoms with Gasteiger partial charge in [0.25, 0.3) is 0 Å². The lowest BCUT2D eigenvalue weighted by molar-refractivity contribution is 0.690. The summed E-state index contributed by atoms with van der Waals surface area (Å²) >= 11 is 0. The van der Waals surface area contributed by atoms with Crippen LogP contribution in [0.25, 0.3) is 0 Å². The van der Waals surface area contributed by atoms with E-state index in [1.165, 1.54) is 27.8 Å². The molecule has 2 aromatic carbocycles. The van der Waals surface area contributed by atoms with E-state index in [0.29, 0.717) is 0 Å². The Bertz CT molecular complexity index is 529. The van der Waals surface area contributed by atoms with Crippen molar-refractivity contribution in [1.82, 2.24) is 5.32 Å². The zero-order valence-electron chi connectivity index (χ0n) is 11.5. The van der Waals surface area contributed by atoms with Crippen molar-refractivity contribution in [3.8, 4) is 0 Å². The third-order valence-electron chi connectivity index (χ3n) is 3.44. The lowest BCUT2D eigenvalue weighted by atomic mass is 10.0. The molecule has 0 heterocycles. The summed E-state index contributed by atoms with van der Waals surface area (Å²) in [7, 11) is 0. The zero-order chi connectivity index (χ0) is 13.0. The molecule has 0 saturated carbocycles. The van der Waals surface area contributed by atoms with Crippen molar-refractivity contribution in [2.75, 3.05) is 0 Å². The first-order chi connectivity index (χ1) is 8.66. The molecule has 2 rings (SSSR count). The van der Waals surface area contributed by atoms with E-state index >= 15 is 0 Å². The largest absolute Gasteiger partial charge is 0.309 e. The molecule has 1 nitrogen and oxygen atoms in total. The molecular formula is C17H21N. The van der Waals surface area contributed by atoms with Crippen molar-refractivity contribution in [2.24, 2.45) is 0 Å². The Kier molecular flexibility index (Phi) is 4.16. The fourth-order valence-corrected chi connectivity index (χ4v) is 2.17. The third-order valence-corrected chi connectivity index (χ3v) is 3.44. The summed E-state index contributed by atoms with van der Waals surface area (Å²) in [6.45, 7) is 8.35. The van der Waals surface area contributed by atoms with Crippen LogP contribution in [0.3, 0.4) is 0 Å². The fraction of sp³-hybridized carbons (Fsp3) is 0.294. The molecule has 0 atom stereocenters. The highest BCUT2D eigenvalue weighted by Crippen LogP contribution is 2.12. The van der Waals surface area contributed by atoms with Crippen LogP contribution in [0.2, 0.25) is 0 Å². The van der Waals surface area contributed by atoms with Crippen molar-refractivity contribution in [1.29, 1.82) is 0 Å². The normalized spacial score (nSPS) is 10.6. The molecule has 94 valence electrons. The van der Waals surface area contributed by atoms with E-state index in [4.69, 9.17) is 0 Å². The maximum absolute atomic E-state index is 3.51. The standard InChI is InChI=1S/C17H21N/c1-13-6-4-8-16(10-13)11-18-12-17-9-5-7-14(2)15(17)3/h4-10,18H,11-12H2,1-3H3. The second-order valence-corrected chi connectivity index (χ2v) is 4.95. The van der Waals surface area contributed by atoms with Crippen LogP contribution in [0.4, 0.5) is 0 Å². The third kappa shape index (κ3) is 3.21. The van der Waals surface area contributed by atoms with Gasteiger partial charge in [-0.2, -0.15) is 0 Å². The average molecular weight is 239 g/mol. The molecule has 2 aromatic rings. The molecule has 0 saturated heterocycles. The van der Waals surface area contributed by atoms with Crippen LogP contribution in [0, 0.1) is 20.8 Å². The van der Waals surface area contributed by atoms with Gasteiger partial charge >= 0.3 is 0 Å². The highest BCUT2D eigenvalue weighted by molar-refractivity contribution is 5.33. The van der Waals surface area contributed by atoms with Crippen LogP contribution in [0.15, 0.2) is 42.5 Å². The molecule has 18 heavy (non-hydrogen) atoms. The van der Waals surface area contributed by atoms with E-state index in [1.54, 1.807) is 0 Å². The highest BCUT2D eigenvalue weighted by atomic mass is 14.8. The van der Waals surface area contributed by atoms with Gasteiger partial charge < -0.3 is 5.32 Å². The molecule has 0 radical (unpaired) electrons. The van der Waals surface area contributed by atoms with Crippen LogP contribution in [-0.4, -0.2) is 0 Å². The smallest absolute Gasteiger partial charge is 0.0211 e. The lowest BCUT2D eigenvalue weighted by Gasteiger charge is -2.10. The van der Waals surface area contributed by atoms with Crippen LogP contribution in [0.5, 0.6) is 0 Å². The molecule has 0 unspecified atom stereocenters. The number of hydrogen-bond donors (Lipinski definition) is 1.